The summed E-state index contributed by atoms with van der Waals surface area (Å²) in [4.78, 5) is 18.6. The van der Waals surface area contributed by atoms with E-state index in [0.717, 1.165) is 31.3 Å². The highest BCUT2D eigenvalue weighted by Crippen LogP contribution is 2.43. The number of carbonyl (C=O) groups excluding carboxylic acids is 1. The molecule has 3 rings (SSSR count). The summed E-state index contributed by atoms with van der Waals surface area (Å²) in [5.74, 6) is 1.50. The Kier molecular flexibility index (Phi) is 4.54. The van der Waals surface area contributed by atoms with Crippen LogP contribution in [0.2, 0.25) is 0 Å². The topological polar surface area (TPSA) is 44.7 Å². The number of likely N-dealkylation sites (tertiary alicyclic amines) is 1. The summed E-state index contributed by atoms with van der Waals surface area (Å²) >= 11 is 1.86. The number of amides is 1. The van der Waals surface area contributed by atoms with E-state index in [1.807, 2.05) is 16.7 Å². The van der Waals surface area contributed by atoms with E-state index in [4.69, 9.17) is 4.99 Å². The highest BCUT2D eigenvalue weighted by Gasteiger charge is 2.36. The maximum absolute atomic E-state index is 11.9. The lowest BCUT2D eigenvalue weighted by Gasteiger charge is -2.31. The molecule has 112 valence electrons. The van der Waals surface area contributed by atoms with Gasteiger partial charge in [-0.25, -0.2) is 0 Å². The van der Waals surface area contributed by atoms with Gasteiger partial charge in [0.2, 0.25) is 5.91 Å². The molecule has 0 bridgehead atoms. The summed E-state index contributed by atoms with van der Waals surface area (Å²) in [6.45, 7) is 3.63. The molecule has 2 fully saturated rings. The van der Waals surface area contributed by atoms with Crippen molar-refractivity contribution < 1.29 is 4.79 Å². The molecule has 0 aromatic carbocycles. The van der Waals surface area contributed by atoms with Crippen LogP contribution in [0.25, 0.3) is 0 Å². The molecule has 20 heavy (non-hydrogen) atoms. The van der Waals surface area contributed by atoms with Crippen molar-refractivity contribution in [1.82, 2.24) is 10.2 Å². The number of rotatable bonds is 3. The Hall–Kier alpha value is -0.710. The SMILES string of the molecule is O=C(CCNC1=NCC2(CCCC2)CS1)N1CCCC1. The Balaban J connectivity index is 1.38. The van der Waals surface area contributed by atoms with Crippen LogP contribution in [0.1, 0.15) is 44.9 Å². The van der Waals surface area contributed by atoms with Gasteiger partial charge in [0.05, 0.1) is 0 Å². The van der Waals surface area contributed by atoms with Crippen molar-refractivity contribution in [3.63, 3.8) is 0 Å². The maximum Gasteiger partial charge on any atom is 0.224 e. The van der Waals surface area contributed by atoms with E-state index in [0.29, 0.717) is 17.7 Å². The minimum atomic E-state index is 0.295. The van der Waals surface area contributed by atoms with Crippen LogP contribution in [0.5, 0.6) is 0 Å². The van der Waals surface area contributed by atoms with Gasteiger partial charge in [-0.3, -0.25) is 9.79 Å². The quantitative estimate of drug-likeness (QED) is 0.868. The number of hydrogen-bond donors (Lipinski definition) is 1. The Bertz CT molecular complexity index is 385. The first-order valence-electron chi connectivity index (χ1n) is 7.96. The largest absolute Gasteiger partial charge is 0.364 e. The first-order chi connectivity index (χ1) is 9.77. The van der Waals surface area contributed by atoms with Crippen molar-refractivity contribution in [1.29, 1.82) is 0 Å². The van der Waals surface area contributed by atoms with E-state index >= 15 is 0 Å². The molecule has 1 saturated carbocycles. The molecule has 2 aliphatic heterocycles. The molecule has 1 aliphatic carbocycles. The molecular formula is C15H25N3OS. The molecule has 5 heteroatoms. The van der Waals surface area contributed by atoms with E-state index in [9.17, 15) is 4.79 Å². The lowest BCUT2D eigenvalue weighted by atomic mass is 9.89. The molecule has 0 atom stereocenters. The second-order valence-electron chi connectivity index (χ2n) is 6.38. The summed E-state index contributed by atoms with van der Waals surface area (Å²) in [6.07, 6.45) is 8.40. The van der Waals surface area contributed by atoms with Gasteiger partial charge in [-0.2, -0.15) is 0 Å². The predicted molar refractivity (Wildman–Crippen MR) is 84.1 cm³/mol. The number of carbonyl (C=O) groups is 1. The normalized spacial score (nSPS) is 25.0. The summed E-state index contributed by atoms with van der Waals surface area (Å²) in [7, 11) is 0. The first-order valence-corrected chi connectivity index (χ1v) is 8.95. The van der Waals surface area contributed by atoms with Crippen LogP contribution >= 0.6 is 11.8 Å². The van der Waals surface area contributed by atoms with Gasteiger partial charge in [0.1, 0.15) is 0 Å². The lowest BCUT2D eigenvalue weighted by Crippen LogP contribution is -2.35. The monoisotopic (exact) mass is 295 g/mol. The summed E-state index contributed by atoms with van der Waals surface area (Å²) in [5, 5.41) is 4.40. The first kappa shape index (κ1) is 14.2. The van der Waals surface area contributed by atoms with Crippen molar-refractivity contribution >= 4 is 22.8 Å². The summed E-state index contributed by atoms with van der Waals surface area (Å²) in [5.41, 5.74) is 0.501. The Morgan fingerprint density at radius 2 is 2.00 bits per heavy atom. The summed E-state index contributed by atoms with van der Waals surface area (Å²) in [6, 6.07) is 0. The predicted octanol–water partition coefficient (Wildman–Crippen LogP) is 2.25. The van der Waals surface area contributed by atoms with Gasteiger partial charge in [-0.15, -0.1) is 0 Å². The van der Waals surface area contributed by atoms with Crippen LogP contribution in [-0.4, -0.2) is 47.9 Å². The third-order valence-electron chi connectivity index (χ3n) is 4.81. The average Bonchev–Trinajstić information content (AvgIpc) is 3.13. The lowest BCUT2D eigenvalue weighted by molar-refractivity contribution is -0.129. The molecule has 0 unspecified atom stereocenters. The Morgan fingerprint density at radius 1 is 1.25 bits per heavy atom. The van der Waals surface area contributed by atoms with Gasteiger partial charge in [0, 0.05) is 38.4 Å². The Labute approximate surface area is 125 Å². The van der Waals surface area contributed by atoms with Gasteiger partial charge >= 0.3 is 0 Å². The van der Waals surface area contributed by atoms with Gasteiger partial charge in [-0.05, 0) is 31.1 Å². The third-order valence-corrected chi connectivity index (χ3v) is 6.11. The van der Waals surface area contributed by atoms with Gasteiger partial charge in [0.25, 0.3) is 0 Å². The average molecular weight is 295 g/mol. The molecule has 3 aliphatic rings. The zero-order valence-electron chi connectivity index (χ0n) is 12.2. The molecule has 0 aromatic rings. The van der Waals surface area contributed by atoms with Crippen LogP contribution in [0.15, 0.2) is 4.99 Å². The minimum absolute atomic E-state index is 0.295. The van der Waals surface area contributed by atoms with Crippen LogP contribution in [-0.2, 0) is 4.79 Å². The number of amidine groups is 1. The van der Waals surface area contributed by atoms with Crippen LogP contribution in [0.3, 0.4) is 0 Å². The molecule has 1 amide bonds. The van der Waals surface area contributed by atoms with Crippen molar-refractivity contribution in [3.8, 4) is 0 Å². The fraction of sp³-hybridized carbons (Fsp3) is 0.867. The Morgan fingerprint density at radius 3 is 2.65 bits per heavy atom. The van der Waals surface area contributed by atoms with Crippen LogP contribution in [0, 0.1) is 5.41 Å². The van der Waals surface area contributed by atoms with Gasteiger partial charge in [0.15, 0.2) is 5.17 Å². The molecule has 1 spiro atoms. The minimum Gasteiger partial charge on any atom is -0.364 e. The highest BCUT2D eigenvalue weighted by atomic mass is 32.2. The van der Waals surface area contributed by atoms with Crippen molar-refractivity contribution in [3.05, 3.63) is 0 Å². The van der Waals surface area contributed by atoms with E-state index < -0.39 is 0 Å². The second kappa shape index (κ2) is 6.37. The van der Waals surface area contributed by atoms with E-state index in [2.05, 4.69) is 5.32 Å². The van der Waals surface area contributed by atoms with Crippen molar-refractivity contribution in [2.24, 2.45) is 10.4 Å². The van der Waals surface area contributed by atoms with Crippen molar-refractivity contribution in [2.75, 3.05) is 31.9 Å². The third kappa shape index (κ3) is 3.30. The van der Waals surface area contributed by atoms with Gasteiger partial charge < -0.3 is 10.2 Å². The number of nitrogens with zero attached hydrogens (tertiary/aromatic N) is 2. The van der Waals surface area contributed by atoms with E-state index in [1.165, 1.54) is 44.3 Å². The highest BCUT2D eigenvalue weighted by molar-refractivity contribution is 8.13. The molecule has 1 saturated heterocycles. The van der Waals surface area contributed by atoms with Gasteiger partial charge in [-0.1, -0.05) is 24.6 Å². The molecular weight excluding hydrogens is 270 g/mol. The van der Waals surface area contributed by atoms with E-state index in [-0.39, 0.29) is 0 Å². The van der Waals surface area contributed by atoms with E-state index in [1.54, 1.807) is 0 Å². The standard InChI is InChI=1S/C15H25N3OS/c19-13(18-9-3-4-10-18)5-8-16-14-17-11-15(12-20-14)6-1-2-7-15/h1-12H2,(H,16,17). The number of thioether (sulfide) groups is 1. The van der Waals surface area contributed by atoms with Crippen LogP contribution < -0.4 is 5.32 Å². The van der Waals surface area contributed by atoms with Crippen LogP contribution in [0.4, 0.5) is 0 Å². The number of hydrogen-bond acceptors (Lipinski definition) is 4. The molecule has 1 N–H and O–H groups in total. The van der Waals surface area contributed by atoms with Crippen molar-refractivity contribution in [2.45, 2.75) is 44.9 Å². The summed E-state index contributed by atoms with van der Waals surface area (Å²) < 4.78 is 0. The molecule has 0 radical (unpaired) electrons. The molecule has 4 nitrogen and oxygen atoms in total. The zero-order valence-corrected chi connectivity index (χ0v) is 13.0. The zero-order chi connectivity index (χ0) is 13.8. The number of nitrogens with one attached hydrogen (secondary N) is 1. The molecule has 0 aromatic heterocycles. The second-order valence-corrected chi connectivity index (χ2v) is 7.35. The maximum atomic E-state index is 11.9. The fourth-order valence-electron chi connectivity index (χ4n) is 3.49. The molecule has 2 heterocycles. The smallest absolute Gasteiger partial charge is 0.224 e. The fourth-order valence-corrected chi connectivity index (χ4v) is 4.67. The number of aliphatic imine (C=N–C) groups is 1.